The molecule has 2 nitrogen and oxygen atoms in total. The van der Waals surface area contributed by atoms with Crippen LogP contribution in [0.4, 0.5) is 0 Å². The Morgan fingerprint density at radius 1 is 1.12 bits per heavy atom. The third-order valence-corrected chi connectivity index (χ3v) is 3.88. The predicted molar refractivity (Wildman–Crippen MR) is 73.1 cm³/mol. The molecule has 0 fully saturated rings. The van der Waals surface area contributed by atoms with Crippen LogP contribution in [0.1, 0.15) is 26.2 Å². The van der Waals surface area contributed by atoms with Crippen molar-refractivity contribution in [3.63, 3.8) is 0 Å². The molecule has 0 spiro atoms. The van der Waals surface area contributed by atoms with Crippen molar-refractivity contribution in [1.82, 2.24) is 0 Å². The van der Waals surface area contributed by atoms with Crippen LogP contribution in [0.2, 0.25) is 0 Å². The monoisotopic (exact) mass is 341 g/mol. The van der Waals surface area contributed by atoms with Crippen LogP contribution in [0.5, 0.6) is 0 Å². The van der Waals surface area contributed by atoms with Gasteiger partial charge in [-0.2, -0.15) is 24.6 Å². The molecular weight excluding hydrogens is 317 g/mol. The van der Waals surface area contributed by atoms with E-state index in [9.17, 15) is 0 Å². The van der Waals surface area contributed by atoms with Crippen molar-refractivity contribution in [2.24, 2.45) is 0 Å². The molecule has 1 radical (unpaired) electrons. The van der Waals surface area contributed by atoms with Crippen molar-refractivity contribution in [2.45, 2.75) is 38.4 Å². The zero-order valence-corrected chi connectivity index (χ0v) is 14.9. The molecule has 0 aromatic rings. The third-order valence-electron chi connectivity index (χ3n) is 1.65. The largest absolute Gasteiger partial charge is 0.396 e. The fraction of sp³-hybridized carbons (Fsp3) is 0.818. The molecule has 0 aliphatic carbocycles. The maximum Gasteiger partial charge on any atom is 0.0390 e. The minimum atomic E-state index is -0.206. The van der Waals surface area contributed by atoms with Gasteiger partial charge < -0.3 is 24.1 Å². The zero-order chi connectivity index (χ0) is 12.1. The number of aliphatic hydroxyl groups is 2. The summed E-state index contributed by atoms with van der Waals surface area (Å²) in [7, 11) is 0. The van der Waals surface area contributed by atoms with Gasteiger partial charge in [0.25, 0.3) is 0 Å². The van der Waals surface area contributed by atoms with Gasteiger partial charge in [0.15, 0.2) is 0 Å². The molecule has 0 saturated carbocycles. The summed E-state index contributed by atoms with van der Waals surface area (Å²) in [5.41, 5.74) is 0. The number of aliphatic hydroxyl groups excluding tert-OH is 2. The van der Waals surface area contributed by atoms with Crippen LogP contribution in [0, 0.1) is 13.8 Å². The summed E-state index contributed by atoms with van der Waals surface area (Å²) in [6.07, 6.45) is 3.76. The number of thioether (sulfide) groups is 2. The second-order valence-corrected chi connectivity index (χ2v) is 5.33. The first kappa shape index (κ1) is 22.9. The SMILES string of the molecule is [CH2-]CC(O)CC.[CH2-]CC(O)CSCSC.[Y]. The molecule has 0 amide bonds. The first-order chi connectivity index (χ1) is 7.12. The molecule has 16 heavy (non-hydrogen) atoms. The van der Waals surface area contributed by atoms with Crippen LogP contribution in [0.3, 0.4) is 0 Å². The van der Waals surface area contributed by atoms with Gasteiger partial charge >= 0.3 is 0 Å². The smallest absolute Gasteiger partial charge is 0.0390 e. The molecule has 0 rings (SSSR count). The summed E-state index contributed by atoms with van der Waals surface area (Å²) >= 11 is 3.54. The van der Waals surface area contributed by atoms with E-state index in [1.54, 1.807) is 23.5 Å². The van der Waals surface area contributed by atoms with E-state index in [2.05, 4.69) is 20.1 Å². The van der Waals surface area contributed by atoms with Crippen LogP contribution < -0.4 is 0 Å². The van der Waals surface area contributed by atoms with Crippen molar-refractivity contribution < 1.29 is 42.9 Å². The van der Waals surface area contributed by atoms with E-state index in [0.717, 1.165) is 17.3 Å². The number of rotatable bonds is 7. The van der Waals surface area contributed by atoms with Gasteiger partial charge in [-0.15, -0.1) is 11.8 Å². The maximum absolute atomic E-state index is 8.99. The van der Waals surface area contributed by atoms with Crippen molar-refractivity contribution in [3.8, 4) is 0 Å². The van der Waals surface area contributed by atoms with Gasteiger partial charge in [-0.1, -0.05) is 6.92 Å². The van der Waals surface area contributed by atoms with E-state index < -0.39 is 0 Å². The Morgan fingerprint density at radius 2 is 1.62 bits per heavy atom. The van der Waals surface area contributed by atoms with Gasteiger partial charge in [-0.3, -0.25) is 0 Å². The summed E-state index contributed by atoms with van der Waals surface area (Å²) in [6.45, 7) is 9.04. The third kappa shape index (κ3) is 21.1. The van der Waals surface area contributed by atoms with Crippen LogP contribution in [0.15, 0.2) is 0 Å². The topological polar surface area (TPSA) is 40.5 Å². The molecule has 2 atom stereocenters. The van der Waals surface area contributed by atoms with Gasteiger partial charge in [-0.05, 0) is 12.7 Å². The minimum absolute atomic E-state index is 0. The Bertz CT molecular complexity index is 114. The van der Waals surface area contributed by atoms with Crippen molar-refractivity contribution in [1.29, 1.82) is 0 Å². The Balaban J connectivity index is -0.000000214. The maximum atomic E-state index is 8.99. The quantitative estimate of drug-likeness (QED) is 0.424. The zero-order valence-electron chi connectivity index (χ0n) is 10.4. The summed E-state index contributed by atoms with van der Waals surface area (Å²) in [5.74, 6) is 0.824. The molecule has 2 N–H and O–H groups in total. The summed E-state index contributed by atoms with van der Waals surface area (Å²) in [5, 5.41) is 18.7. The average Bonchev–Trinajstić information content (AvgIpc) is 2.28. The second-order valence-electron chi connectivity index (χ2n) is 3.07. The summed E-state index contributed by atoms with van der Waals surface area (Å²) in [4.78, 5) is 0. The van der Waals surface area contributed by atoms with Gasteiger partial charge in [0.1, 0.15) is 0 Å². The Hall–Kier alpha value is 1.72. The Labute approximate surface area is 135 Å². The van der Waals surface area contributed by atoms with E-state index in [-0.39, 0.29) is 44.9 Å². The first-order valence-corrected chi connectivity index (χ1v) is 7.68. The first-order valence-electron chi connectivity index (χ1n) is 5.13. The molecule has 0 aliphatic heterocycles. The summed E-state index contributed by atoms with van der Waals surface area (Å²) < 4.78 is 0. The number of hydrogen-bond acceptors (Lipinski definition) is 4. The van der Waals surface area contributed by atoms with Gasteiger partial charge in [-0.25, -0.2) is 0 Å². The van der Waals surface area contributed by atoms with Crippen molar-refractivity contribution in [2.75, 3.05) is 17.1 Å². The van der Waals surface area contributed by atoms with Crippen molar-refractivity contribution >= 4 is 23.5 Å². The van der Waals surface area contributed by atoms with E-state index in [4.69, 9.17) is 10.2 Å². The van der Waals surface area contributed by atoms with Crippen LogP contribution in [-0.2, 0) is 32.7 Å². The van der Waals surface area contributed by atoms with Crippen LogP contribution >= 0.6 is 23.5 Å². The molecule has 5 heteroatoms. The van der Waals surface area contributed by atoms with Crippen LogP contribution in [0.25, 0.3) is 0 Å². The molecule has 0 aromatic carbocycles. The fourth-order valence-electron chi connectivity index (χ4n) is 0.555. The second kappa shape index (κ2) is 19.1. The van der Waals surface area contributed by atoms with E-state index in [0.29, 0.717) is 12.8 Å². The van der Waals surface area contributed by atoms with Crippen molar-refractivity contribution in [3.05, 3.63) is 13.8 Å². The molecule has 0 aliphatic rings. The van der Waals surface area contributed by atoms with E-state index in [1.807, 2.05) is 6.92 Å². The molecule has 0 aromatic heterocycles. The van der Waals surface area contributed by atoms with Gasteiger partial charge in [0, 0.05) is 55.8 Å². The van der Waals surface area contributed by atoms with E-state index in [1.165, 1.54) is 0 Å². The fourth-order valence-corrected chi connectivity index (χ4v) is 2.05. The molecule has 2 unspecified atom stereocenters. The Kier molecular flexibility index (Phi) is 27.3. The summed E-state index contributed by atoms with van der Waals surface area (Å²) in [6, 6.07) is 0. The van der Waals surface area contributed by atoms with Crippen LogP contribution in [-0.4, -0.2) is 39.5 Å². The van der Waals surface area contributed by atoms with Gasteiger partial charge in [0.05, 0.1) is 0 Å². The van der Waals surface area contributed by atoms with E-state index >= 15 is 0 Å². The molecule has 0 bridgehead atoms. The molecule has 0 saturated heterocycles. The Morgan fingerprint density at radius 3 is 1.88 bits per heavy atom. The molecular formula is C11H24O2S2Y-2. The predicted octanol–water partition coefficient (Wildman–Crippen LogP) is 2.60. The van der Waals surface area contributed by atoms with Gasteiger partial charge in [0.2, 0.25) is 0 Å². The minimum Gasteiger partial charge on any atom is -0.396 e. The number of hydrogen-bond donors (Lipinski definition) is 2. The average molecular weight is 341 g/mol. The molecule has 97 valence electrons. The molecule has 0 heterocycles. The standard InChI is InChI=1S/C6H13OS2.C5H11O.Y/c1-3-6(7)4-9-5-8-2;1-3-5(6)4-2;/h6-7H,1,3-5H2,2H3;5-6H,1,3-4H2,2H3;/q2*-1;. The normalized spacial score (nSPS) is 13.1.